The molecule has 0 aliphatic carbocycles. The molecule has 162 valence electrons. The third-order valence-electron chi connectivity index (χ3n) is 4.96. The van der Waals surface area contributed by atoms with Crippen molar-refractivity contribution in [1.29, 1.82) is 0 Å². The molecule has 31 heavy (non-hydrogen) atoms. The predicted octanol–water partition coefficient (Wildman–Crippen LogP) is 3.88. The number of thioether (sulfide) groups is 1. The van der Waals surface area contributed by atoms with Gasteiger partial charge in [0.05, 0.1) is 12.6 Å². The van der Waals surface area contributed by atoms with Gasteiger partial charge in [-0.1, -0.05) is 68.1 Å². The minimum absolute atomic E-state index is 0.0133. The second-order valence-electron chi connectivity index (χ2n) is 7.79. The number of carbonyl (C=O) groups is 1. The molecule has 0 radical (unpaired) electrons. The van der Waals surface area contributed by atoms with E-state index in [2.05, 4.69) is 34.8 Å². The normalized spacial score (nSPS) is 17.7. The first-order valence-electron chi connectivity index (χ1n) is 10.5. The van der Waals surface area contributed by atoms with Crippen LogP contribution in [0.1, 0.15) is 32.4 Å². The van der Waals surface area contributed by atoms with E-state index in [0.29, 0.717) is 24.2 Å². The van der Waals surface area contributed by atoms with E-state index in [4.69, 9.17) is 4.74 Å². The molecule has 1 aliphatic rings. The van der Waals surface area contributed by atoms with Crippen LogP contribution in [-0.4, -0.2) is 39.2 Å². The molecule has 3 aromatic rings. The Labute approximate surface area is 186 Å². The minimum atomic E-state index is -0.378. The maximum atomic E-state index is 13.1. The van der Waals surface area contributed by atoms with Gasteiger partial charge < -0.3 is 15.5 Å². The van der Waals surface area contributed by atoms with Crippen LogP contribution in [0.5, 0.6) is 5.75 Å². The number of fused-ring (bicyclic) bond motifs is 1. The molecule has 7 nitrogen and oxygen atoms in total. The van der Waals surface area contributed by atoms with Gasteiger partial charge in [0, 0.05) is 12.1 Å². The van der Waals surface area contributed by atoms with Crippen molar-refractivity contribution >= 4 is 17.7 Å². The van der Waals surface area contributed by atoms with Crippen molar-refractivity contribution in [2.45, 2.75) is 37.2 Å². The standard InChI is InChI=1S/C23H27N5O2S/c1-4-30-18-12-10-16(11-13-18)19-20(22(29)24-14-15(2)3)31-23-26-25-21(28(23)27-19)17-8-6-5-7-9-17/h5-13,15,19-20,27H,4,14H2,1-3H3,(H,24,29). The number of carbonyl (C=O) groups excluding carboxylic acids is 1. The topological polar surface area (TPSA) is 81.1 Å². The molecule has 2 aromatic carbocycles. The second-order valence-corrected chi connectivity index (χ2v) is 8.90. The van der Waals surface area contributed by atoms with Crippen LogP contribution in [0, 0.1) is 5.92 Å². The van der Waals surface area contributed by atoms with Crippen LogP contribution in [0.15, 0.2) is 59.8 Å². The fourth-order valence-electron chi connectivity index (χ4n) is 3.42. The summed E-state index contributed by atoms with van der Waals surface area (Å²) in [5, 5.41) is 12.1. The molecule has 2 heterocycles. The summed E-state index contributed by atoms with van der Waals surface area (Å²) in [6.45, 7) is 7.37. The third-order valence-corrected chi connectivity index (χ3v) is 6.18. The van der Waals surface area contributed by atoms with Crippen LogP contribution in [0.4, 0.5) is 0 Å². The highest BCUT2D eigenvalue weighted by atomic mass is 32.2. The molecule has 2 N–H and O–H groups in total. The molecular weight excluding hydrogens is 410 g/mol. The third kappa shape index (κ3) is 4.69. The summed E-state index contributed by atoms with van der Waals surface area (Å²) in [4.78, 5) is 13.1. The zero-order valence-electron chi connectivity index (χ0n) is 17.9. The van der Waals surface area contributed by atoms with Gasteiger partial charge in [0.15, 0.2) is 5.82 Å². The van der Waals surface area contributed by atoms with Crippen LogP contribution in [0.2, 0.25) is 0 Å². The predicted molar refractivity (Wildman–Crippen MR) is 123 cm³/mol. The number of hydrogen-bond donors (Lipinski definition) is 2. The number of benzene rings is 2. The zero-order valence-corrected chi connectivity index (χ0v) is 18.7. The van der Waals surface area contributed by atoms with Gasteiger partial charge in [-0.3, -0.25) is 4.79 Å². The molecule has 2 unspecified atom stereocenters. The fraction of sp³-hybridized carbons (Fsp3) is 0.348. The average Bonchev–Trinajstić information content (AvgIpc) is 3.21. The Morgan fingerprint density at radius 3 is 2.58 bits per heavy atom. The van der Waals surface area contributed by atoms with Gasteiger partial charge in [-0.2, -0.15) is 0 Å². The molecule has 1 aromatic heterocycles. The van der Waals surface area contributed by atoms with E-state index in [1.807, 2.05) is 66.2 Å². The molecule has 0 spiro atoms. The van der Waals surface area contributed by atoms with Crippen LogP contribution in [-0.2, 0) is 4.79 Å². The summed E-state index contributed by atoms with van der Waals surface area (Å²) in [5.41, 5.74) is 5.46. The fourth-order valence-corrected chi connectivity index (χ4v) is 4.53. The minimum Gasteiger partial charge on any atom is -0.494 e. The van der Waals surface area contributed by atoms with Crippen molar-refractivity contribution < 1.29 is 9.53 Å². The molecule has 4 rings (SSSR count). The number of nitrogens with one attached hydrogen (secondary N) is 2. The lowest BCUT2D eigenvalue weighted by molar-refractivity contribution is -0.121. The van der Waals surface area contributed by atoms with Gasteiger partial charge in [0.2, 0.25) is 11.1 Å². The van der Waals surface area contributed by atoms with Crippen LogP contribution < -0.4 is 15.5 Å². The summed E-state index contributed by atoms with van der Waals surface area (Å²) in [6, 6.07) is 17.5. The Morgan fingerprint density at radius 1 is 1.16 bits per heavy atom. The Balaban J connectivity index is 1.67. The van der Waals surface area contributed by atoms with E-state index in [1.54, 1.807) is 0 Å². The molecular formula is C23H27N5O2S. The quantitative estimate of drug-likeness (QED) is 0.584. The highest BCUT2D eigenvalue weighted by Gasteiger charge is 2.38. The van der Waals surface area contributed by atoms with Gasteiger partial charge in [-0.25, -0.2) is 4.68 Å². The Hall–Kier alpha value is -3.00. The summed E-state index contributed by atoms with van der Waals surface area (Å²) < 4.78 is 7.46. The smallest absolute Gasteiger partial charge is 0.236 e. The number of nitrogens with zero attached hydrogens (tertiary/aromatic N) is 3. The molecule has 0 saturated heterocycles. The van der Waals surface area contributed by atoms with Crippen molar-refractivity contribution in [3.05, 3.63) is 60.2 Å². The van der Waals surface area contributed by atoms with E-state index in [1.165, 1.54) is 11.8 Å². The maximum absolute atomic E-state index is 13.1. The Morgan fingerprint density at radius 2 is 1.90 bits per heavy atom. The first-order valence-corrected chi connectivity index (χ1v) is 11.4. The van der Waals surface area contributed by atoms with Crippen molar-refractivity contribution in [1.82, 2.24) is 20.2 Å². The van der Waals surface area contributed by atoms with Crippen molar-refractivity contribution in [3.63, 3.8) is 0 Å². The summed E-state index contributed by atoms with van der Waals surface area (Å²) >= 11 is 1.43. The first kappa shape index (κ1) is 21.2. The Bertz CT molecular complexity index is 1020. The largest absolute Gasteiger partial charge is 0.494 e. The zero-order chi connectivity index (χ0) is 21.8. The van der Waals surface area contributed by atoms with Crippen molar-refractivity contribution in [2.75, 3.05) is 18.6 Å². The molecule has 0 saturated carbocycles. The second kappa shape index (κ2) is 9.43. The van der Waals surface area contributed by atoms with E-state index in [9.17, 15) is 4.79 Å². The van der Waals surface area contributed by atoms with Gasteiger partial charge >= 0.3 is 0 Å². The Kier molecular flexibility index (Phi) is 6.46. The molecule has 0 fully saturated rings. The van der Waals surface area contributed by atoms with Gasteiger partial charge in [0.25, 0.3) is 0 Å². The summed E-state index contributed by atoms with van der Waals surface area (Å²) in [5.74, 6) is 1.90. The molecule has 1 aliphatic heterocycles. The van der Waals surface area contributed by atoms with Crippen LogP contribution in [0.25, 0.3) is 11.4 Å². The van der Waals surface area contributed by atoms with Gasteiger partial charge in [-0.05, 0) is 30.5 Å². The lowest BCUT2D eigenvalue weighted by Gasteiger charge is -2.33. The average molecular weight is 438 g/mol. The molecule has 2 atom stereocenters. The SMILES string of the molecule is CCOc1ccc(C2Nn3c(nnc3-c3ccccc3)SC2C(=O)NCC(C)C)cc1. The van der Waals surface area contributed by atoms with E-state index in [0.717, 1.165) is 22.7 Å². The lowest BCUT2D eigenvalue weighted by Crippen LogP contribution is -2.44. The van der Waals surface area contributed by atoms with Crippen molar-refractivity contribution in [3.8, 4) is 17.1 Å². The number of amides is 1. The highest BCUT2D eigenvalue weighted by Crippen LogP contribution is 2.38. The number of aromatic nitrogens is 3. The van der Waals surface area contributed by atoms with Gasteiger partial charge in [-0.15, -0.1) is 10.2 Å². The number of ether oxygens (including phenoxy) is 1. The molecule has 1 amide bonds. The van der Waals surface area contributed by atoms with Gasteiger partial charge in [0.1, 0.15) is 11.0 Å². The lowest BCUT2D eigenvalue weighted by atomic mass is 10.0. The number of rotatable bonds is 7. The maximum Gasteiger partial charge on any atom is 0.236 e. The monoisotopic (exact) mass is 437 g/mol. The van der Waals surface area contributed by atoms with Crippen LogP contribution >= 0.6 is 11.8 Å². The highest BCUT2D eigenvalue weighted by molar-refractivity contribution is 8.00. The van der Waals surface area contributed by atoms with Crippen molar-refractivity contribution in [2.24, 2.45) is 5.92 Å². The molecule has 0 bridgehead atoms. The van der Waals surface area contributed by atoms with E-state index < -0.39 is 0 Å². The number of hydrogen-bond acceptors (Lipinski definition) is 6. The molecule has 8 heteroatoms. The van der Waals surface area contributed by atoms with E-state index in [-0.39, 0.29) is 17.2 Å². The van der Waals surface area contributed by atoms with E-state index >= 15 is 0 Å². The summed E-state index contributed by atoms with van der Waals surface area (Å²) in [7, 11) is 0. The first-order chi connectivity index (χ1) is 15.1. The summed E-state index contributed by atoms with van der Waals surface area (Å²) in [6.07, 6.45) is 0. The van der Waals surface area contributed by atoms with Crippen LogP contribution in [0.3, 0.4) is 0 Å².